The molecule has 0 radical (unpaired) electrons. The number of aryl methyl sites for hydroxylation is 3. The van der Waals surface area contributed by atoms with Crippen LogP contribution >= 0.6 is 0 Å². The zero-order chi connectivity index (χ0) is 18.4. The van der Waals surface area contributed by atoms with Gasteiger partial charge in [0, 0.05) is 36.0 Å². The van der Waals surface area contributed by atoms with Gasteiger partial charge in [-0.2, -0.15) is 9.61 Å². The van der Waals surface area contributed by atoms with Crippen LogP contribution in [-0.2, 0) is 6.42 Å². The summed E-state index contributed by atoms with van der Waals surface area (Å²) in [7, 11) is 0. The van der Waals surface area contributed by atoms with Crippen molar-refractivity contribution < 1.29 is 9.52 Å². The molecule has 1 N–H and O–H groups in total. The number of rotatable bonds is 3. The number of hydrogen-bond acceptors (Lipinski definition) is 5. The molecule has 4 rings (SSSR count). The van der Waals surface area contributed by atoms with Crippen LogP contribution in [0.1, 0.15) is 42.5 Å². The van der Waals surface area contributed by atoms with Crippen molar-refractivity contribution >= 4 is 11.5 Å². The van der Waals surface area contributed by atoms with Crippen molar-refractivity contribution in [1.82, 2.24) is 14.6 Å². The summed E-state index contributed by atoms with van der Waals surface area (Å²) in [6, 6.07) is 4.06. The Morgan fingerprint density at radius 3 is 2.54 bits per heavy atom. The second-order valence-corrected chi connectivity index (χ2v) is 7.20. The van der Waals surface area contributed by atoms with Gasteiger partial charge in [-0.1, -0.05) is 6.92 Å². The first-order chi connectivity index (χ1) is 12.5. The molecule has 6 nitrogen and oxygen atoms in total. The van der Waals surface area contributed by atoms with Gasteiger partial charge in [0.05, 0.1) is 11.8 Å². The van der Waals surface area contributed by atoms with Gasteiger partial charge >= 0.3 is 0 Å². The molecule has 3 aromatic heterocycles. The number of aromatic nitrogens is 3. The van der Waals surface area contributed by atoms with Gasteiger partial charge in [-0.25, -0.2) is 4.98 Å². The van der Waals surface area contributed by atoms with E-state index in [-0.39, 0.29) is 6.10 Å². The van der Waals surface area contributed by atoms with Crippen molar-refractivity contribution in [3.05, 3.63) is 34.9 Å². The monoisotopic (exact) mass is 354 g/mol. The van der Waals surface area contributed by atoms with E-state index in [1.807, 2.05) is 30.5 Å². The molecule has 0 spiro atoms. The number of hydrogen-bond donors (Lipinski definition) is 1. The van der Waals surface area contributed by atoms with Crippen LogP contribution in [0.25, 0.3) is 16.9 Å². The summed E-state index contributed by atoms with van der Waals surface area (Å²) in [6.45, 7) is 9.83. The normalized spacial score (nSPS) is 16.0. The summed E-state index contributed by atoms with van der Waals surface area (Å²) in [5.41, 5.74) is 5.03. The molecule has 1 aliphatic heterocycles. The maximum atomic E-state index is 9.88. The van der Waals surface area contributed by atoms with E-state index in [2.05, 4.69) is 18.7 Å². The van der Waals surface area contributed by atoms with E-state index >= 15 is 0 Å². The van der Waals surface area contributed by atoms with Gasteiger partial charge in [-0.15, -0.1) is 0 Å². The fourth-order valence-corrected chi connectivity index (χ4v) is 3.97. The molecule has 4 heterocycles. The standard InChI is InChI=1S/C20H26N4O2/c1-5-16-13(3)21-19-11-18(17-10-12(2)26-14(17)4)22-24(19)20(16)23-8-6-15(25)7-9-23/h10-11,15,25H,5-9H2,1-4H3. The highest BCUT2D eigenvalue weighted by atomic mass is 16.3. The summed E-state index contributed by atoms with van der Waals surface area (Å²) in [5, 5.41) is 14.8. The number of fused-ring (bicyclic) bond motifs is 1. The lowest BCUT2D eigenvalue weighted by atomic mass is 10.1. The van der Waals surface area contributed by atoms with E-state index in [0.29, 0.717) is 0 Å². The van der Waals surface area contributed by atoms with E-state index < -0.39 is 0 Å². The smallest absolute Gasteiger partial charge is 0.158 e. The van der Waals surface area contributed by atoms with Crippen LogP contribution < -0.4 is 4.90 Å². The molecule has 0 aromatic carbocycles. The van der Waals surface area contributed by atoms with E-state index in [9.17, 15) is 5.11 Å². The summed E-state index contributed by atoms with van der Waals surface area (Å²) in [4.78, 5) is 7.14. The molecule has 0 unspecified atom stereocenters. The Morgan fingerprint density at radius 2 is 1.92 bits per heavy atom. The first-order valence-corrected chi connectivity index (χ1v) is 9.37. The average Bonchev–Trinajstić information content (AvgIpc) is 3.16. The topological polar surface area (TPSA) is 66.8 Å². The van der Waals surface area contributed by atoms with Crippen molar-refractivity contribution in [3.63, 3.8) is 0 Å². The van der Waals surface area contributed by atoms with Crippen LogP contribution in [0.2, 0.25) is 0 Å². The molecule has 3 aromatic rings. The van der Waals surface area contributed by atoms with E-state index in [1.54, 1.807) is 0 Å². The first-order valence-electron chi connectivity index (χ1n) is 9.37. The van der Waals surface area contributed by atoms with Gasteiger partial charge in [0.15, 0.2) is 5.65 Å². The molecule has 1 aliphatic rings. The van der Waals surface area contributed by atoms with Crippen LogP contribution in [0.5, 0.6) is 0 Å². The lowest BCUT2D eigenvalue weighted by Crippen LogP contribution is -2.37. The molecule has 6 heteroatoms. The fraction of sp³-hybridized carbons (Fsp3) is 0.500. The Balaban J connectivity index is 1.89. The molecule has 138 valence electrons. The van der Waals surface area contributed by atoms with Crippen molar-refractivity contribution in [1.29, 1.82) is 0 Å². The van der Waals surface area contributed by atoms with Gasteiger partial charge < -0.3 is 14.4 Å². The van der Waals surface area contributed by atoms with Crippen LogP contribution in [0, 0.1) is 20.8 Å². The molecule has 0 saturated carbocycles. The minimum atomic E-state index is -0.195. The number of furan rings is 1. The maximum Gasteiger partial charge on any atom is 0.158 e. The van der Waals surface area contributed by atoms with Crippen LogP contribution in [0.4, 0.5) is 5.82 Å². The Kier molecular flexibility index (Phi) is 4.23. The van der Waals surface area contributed by atoms with Crippen molar-refractivity contribution in [2.24, 2.45) is 0 Å². The Bertz CT molecular complexity index is 949. The summed E-state index contributed by atoms with van der Waals surface area (Å²) < 4.78 is 7.66. The minimum absolute atomic E-state index is 0.195. The first kappa shape index (κ1) is 17.1. The predicted molar refractivity (Wildman–Crippen MR) is 102 cm³/mol. The van der Waals surface area contributed by atoms with E-state index in [0.717, 1.165) is 72.3 Å². The van der Waals surface area contributed by atoms with Gasteiger partial charge in [0.1, 0.15) is 17.3 Å². The molecule has 1 fully saturated rings. The van der Waals surface area contributed by atoms with Gasteiger partial charge in [0.25, 0.3) is 0 Å². The quantitative estimate of drug-likeness (QED) is 0.780. The molecule has 26 heavy (non-hydrogen) atoms. The third kappa shape index (κ3) is 2.78. The zero-order valence-corrected chi connectivity index (χ0v) is 15.9. The highest BCUT2D eigenvalue weighted by molar-refractivity contribution is 5.69. The van der Waals surface area contributed by atoms with Crippen molar-refractivity contribution in [2.45, 2.75) is 53.1 Å². The number of aliphatic hydroxyl groups excluding tert-OH is 1. The molecule has 0 aliphatic carbocycles. The third-order valence-electron chi connectivity index (χ3n) is 5.31. The summed E-state index contributed by atoms with van der Waals surface area (Å²) in [5.74, 6) is 2.88. The summed E-state index contributed by atoms with van der Waals surface area (Å²) >= 11 is 0. The van der Waals surface area contributed by atoms with Crippen molar-refractivity contribution in [2.75, 3.05) is 18.0 Å². The lowest BCUT2D eigenvalue weighted by Gasteiger charge is -2.33. The van der Waals surface area contributed by atoms with Gasteiger partial charge in [-0.05, 0) is 46.1 Å². The largest absolute Gasteiger partial charge is 0.466 e. The second-order valence-electron chi connectivity index (χ2n) is 7.20. The van der Waals surface area contributed by atoms with Crippen LogP contribution in [0.15, 0.2) is 16.5 Å². The Labute approximate surface area is 153 Å². The van der Waals surface area contributed by atoms with E-state index in [4.69, 9.17) is 14.5 Å². The third-order valence-corrected chi connectivity index (χ3v) is 5.31. The fourth-order valence-electron chi connectivity index (χ4n) is 3.97. The highest BCUT2D eigenvalue weighted by Gasteiger charge is 2.24. The Morgan fingerprint density at radius 1 is 1.19 bits per heavy atom. The zero-order valence-electron chi connectivity index (χ0n) is 15.9. The van der Waals surface area contributed by atoms with Crippen LogP contribution in [-0.4, -0.2) is 38.9 Å². The highest BCUT2D eigenvalue weighted by Crippen LogP contribution is 2.31. The molecule has 0 bridgehead atoms. The molecule has 1 saturated heterocycles. The number of anilines is 1. The van der Waals surface area contributed by atoms with Gasteiger partial charge in [-0.3, -0.25) is 0 Å². The summed E-state index contributed by atoms with van der Waals surface area (Å²) in [6.07, 6.45) is 2.29. The maximum absolute atomic E-state index is 9.88. The molecular formula is C20H26N4O2. The molecule has 0 amide bonds. The van der Waals surface area contributed by atoms with Gasteiger partial charge in [0.2, 0.25) is 0 Å². The SMILES string of the molecule is CCc1c(C)nc2cc(-c3cc(C)oc3C)nn2c1N1CCC(O)CC1. The lowest BCUT2D eigenvalue weighted by molar-refractivity contribution is 0.145. The number of aliphatic hydroxyl groups is 1. The minimum Gasteiger partial charge on any atom is -0.466 e. The molecule has 0 atom stereocenters. The van der Waals surface area contributed by atoms with E-state index in [1.165, 1.54) is 5.56 Å². The predicted octanol–water partition coefficient (Wildman–Crippen LogP) is 3.44. The van der Waals surface area contributed by atoms with Crippen molar-refractivity contribution in [3.8, 4) is 11.3 Å². The second kappa shape index (κ2) is 6.43. The van der Waals surface area contributed by atoms with Crippen LogP contribution in [0.3, 0.4) is 0 Å². The Hall–Kier alpha value is -2.34. The number of piperidine rings is 1. The average molecular weight is 354 g/mol. The molecular weight excluding hydrogens is 328 g/mol. The number of nitrogens with zero attached hydrogens (tertiary/aromatic N) is 4.